The lowest BCUT2D eigenvalue weighted by Crippen LogP contribution is -2.16. The molecule has 3 rings (SSSR count). The first-order valence-corrected chi connectivity index (χ1v) is 10.2. The highest BCUT2D eigenvalue weighted by Gasteiger charge is 2.13. The molecule has 8 nitrogen and oxygen atoms in total. The van der Waals surface area contributed by atoms with E-state index < -0.39 is 0 Å². The van der Waals surface area contributed by atoms with Crippen molar-refractivity contribution >= 4 is 36.5 Å². The second-order valence-corrected chi connectivity index (χ2v) is 7.73. The number of amidine groups is 2. The molecular weight excluding hydrogens is 461 g/mol. The lowest BCUT2D eigenvalue weighted by atomic mass is 10.1. The van der Waals surface area contributed by atoms with Gasteiger partial charge in [-0.25, -0.2) is 4.68 Å². The molecule has 0 saturated heterocycles. The van der Waals surface area contributed by atoms with Gasteiger partial charge in [-0.1, -0.05) is 23.4 Å². The number of benzene rings is 2. The van der Waals surface area contributed by atoms with Crippen molar-refractivity contribution in [3.8, 4) is 22.7 Å². The van der Waals surface area contributed by atoms with Gasteiger partial charge in [0.25, 0.3) is 0 Å². The fourth-order valence-electron chi connectivity index (χ4n) is 3.08. The molecular formula is C23H31Cl2N7O. The maximum Gasteiger partial charge on any atom is 0.145 e. The summed E-state index contributed by atoms with van der Waals surface area (Å²) in [5.74, 6) is 1.59. The second-order valence-electron chi connectivity index (χ2n) is 7.73. The minimum atomic E-state index is 0. The van der Waals surface area contributed by atoms with Crippen LogP contribution in [0.1, 0.15) is 38.8 Å². The van der Waals surface area contributed by atoms with Crippen molar-refractivity contribution in [2.24, 2.45) is 21.5 Å². The molecule has 178 valence electrons. The fraction of sp³-hybridized carbons (Fsp3) is 0.304. The van der Waals surface area contributed by atoms with E-state index in [9.17, 15) is 0 Å². The van der Waals surface area contributed by atoms with Crippen molar-refractivity contribution in [2.75, 3.05) is 7.11 Å². The van der Waals surface area contributed by atoms with E-state index in [1.807, 2.05) is 76.4 Å². The van der Waals surface area contributed by atoms with Crippen LogP contribution in [0, 0.1) is 0 Å². The van der Waals surface area contributed by atoms with Crippen molar-refractivity contribution < 1.29 is 4.74 Å². The predicted octanol–water partition coefficient (Wildman–Crippen LogP) is 4.01. The van der Waals surface area contributed by atoms with Gasteiger partial charge in [0.2, 0.25) is 0 Å². The molecule has 0 unspecified atom stereocenters. The van der Waals surface area contributed by atoms with Crippen molar-refractivity contribution in [3.05, 3.63) is 59.8 Å². The lowest BCUT2D eigenvalue weighted by molar-refractivity contribution is 0.411. The third-order valence-electron chi connectivity index (χ3n) is 4.46. The summed E-state index contributed by atoms with van der Waals surface area (Å²) in [5, 5.41) is 8.61. The van der Waals surface area contributed by atoms with Crippen LogP contribution in [0.25, 0.3) is 16.9 Å². The Morgan fingerprint density at radius 1 is 0.909 bits per heavy atom. The van der Waals surface area contributed by atoms with Gasteiger partial charge in [-0.05, 0) is 52.0 Å². The number of methoxy groups -OCH3 is 1. The van der Waals surface area contributed by atoms with Gasteiger partial charge in [0.1, 0.15) is 28.8 Å². The van der Waals surface area contributed by atoms with Crippen LogP contribution in [-0.4, -0.2) is 45.9 Å². The molecule has 0 amide bonds. The summed E-state index contributed by atoms with van der Waals surface area (Å²) in [6.45, 7) is 7.94. The summed E-state index contributed by atoms with van der Waals surface area (Å²) in [6, 6.07) is 13.6. The molecule has 0 atom stereocenters. The van der Waals surface area contributed by atoms with Gasteiger partial charge in [-0.3, -0.25) is 9.98 Å². The van der Waals surface area contributed by atoms with E-state index in [-0.39, 0.29) is 36.9 Å². The molecule has 1 aromatic heterocycles. The molecule has 0 aliphatic rings. The third kappa shape index (κ3) is 6.94. The molecule has 0 fully saturated rings. The number of hydrogen-bond acceptors (Lipinski definition) is 5. The van der Waals surface area contributed by atoms with E-state index in [4.69, 9.17) is 16.2 Å². The van der Waals surface area contributed by atoms with Gasteiger partial charge in [-0.2, -0.15) is 0 Å². The number of nitrogens with zero attached hydrogens (tertiary/aromatic N) is 5. The fourth-order valence-corrected chi connectivity index (χ4v) is 3.08. The van der Waals surface area contributed by atoms with Crippen LogP contribution in [0.2, 0.25) is 0 Å². The van der Waals surface area contributed by atoms with Crippen LogP contribution in [0.4, 0.5) is 0 Å². The standard InChI is InChI=1S/C23H29N7O.2ClH/c1-14(2)26-22(24)17-8-6-7-16(11-17)19-13-30(29-28-19)20-10-9-18(12-21(20)31-5)23(25)27-15(3)4;;/h6-15H,1-5H3,(H2,24,26)(H2,25,27);2*1H. The molecule has 0 spiro atoms. The molecule has 3 aromatic rings. The highest BCUT2D eigenvalue weighted by molar-refractivity contribution is 5.99. The Morgan fingerprint density at radius 2 is 1.52 bits per heavy atom. The van der Waals surface area contributed by atoms with Crippen molar-refractivity contribution in [1.82, 2.24) is 15.0 Å². The quantitative estimate of drug-likeness (QED) is 0.382. The number of rotatable bonds is 7. The summed E-state index contributed by atoms with van der Waals surface area (Å²) in [7, 11) is 1.61. The van der Waals surface area contributed by atoms with Gasteiger partial charge in [0.05, 0.1) is 13.3 Å². The normalized spacial score (nSPS) is 11.8. The molecule has 0 saturated carbocycles. The van der Waals surface area contributed by atoms with E-state index >= 15 is 0 Å². The molecule has 0 bridgehead atoms. The summed E-state index contributed by atoms with van der Waals surface area (Å²) < 4.78 is 7.24. The summed E-state index contributed by atoms with van der Waals surface area (Å²) in [5.41, 5.74) is 16.2. The first-order chi connectivity index (χ1) is 14.8. The molecule has 10 heteroatoms. The second kappa shape index (κ2) is 12.2. The predicted molar refractivity (Wildman–Crippen MR) is 140 cm³/mol. The average Bonchev–Trinajstić information content (AvgIpc) is 3.22. The van der Waals surface area contributed by atoms with Crippen molar-refractivity contribution in [3.63, 3.8) is 0 Å². The van der Waals surface area contributed by atoms with Gasteiger partial charge >= 0.3 is 0 Å². The van der Waals surface area contributed by atoms with Crippen molar-refractivity contribution in [2.45, 2.75) is 39.8 Å². The van der Waals surface area contributed by atoms with E-state index in [0.29, 0.717) is 23.1 Å². The summed E-state index contributed by atoms with van der Waals surface area (Å²) in [6.07, 6.45) is 1.85. The van der Waals surface area contributed by atoms with Crippen LogP contribution in [0.5, 0.6) is 5.75 Å². The van der Waals surface area contributed by atoms with E-state index in [1.165, 1.54) is 0 Å². The number of hydrogen-bond donors (Lipinski definition) is 2. The molecule has 2 aromatic carbocycles. The molecule has 33 heavy (non-hydrogen) atoms. The number of nitrogens with two attached hydrogens (primary N) is 2. The minimum Gasteiger partial charge on any atom is -0.494 e. The van der Waals surface area contributed by atoms with Gasteiger partial charge in [0, 0.05) is 28.8 Å². The highest BCUT2D eigenvalue weighted by atomic mass is 35.5. The monoisotopic (exact) mass is 491 g/mol. The van der Waals surface area contributed by atoms with Crippen LogP contribution in [-0.2, 0) is 0 Å². The summed E-state index contributed by atoms with van der Waals surface area (Å²) >= 11 is 0. The number of ether oxygens (including phenoxy) is 1. The van der Waals surface area contributed by atoms with E-state index in [2.05, 4.69) is 20.3 Å². The van der Waals surface area contributed by atoms with E-state index in [1.54, 1.807) is 11.8 Å². The Hall–Kier alpha value is -3.10. The Kier molecular flexibility index (Phi) is 10.3. The maximum absolute atomic E-state index is 6.12. The first kappa shape index (κ1) is 27.9. The SMILES string of the molecule is COc1cc(C(N)=NC(C)C)ccc1-n1cc(-c2cccc(C(N)=NC(C)C)c2)nn1.Cl.Cl. The minimum absolute atomic E-state index is 0. The Balaban J connectivity index is 0.00000272. The Morgan fingerprint density at radius 3 is 2.09 bits per heavy atom. The zero-order chi connectivity index (χ0) is 22.5. The maximum atomic E-state index is 6.12. The third-order valence-corrected chi connectivity index (χ3v) is 4.46. The first-order valence-electron chi connectivity index (χ1n) is 10.2. The Labute approximate surface area is 207 Å². The number of halogens is 2. The number of aromatic nitrogens is 3. The number of aliphatic imine (C=N–C) groups is 2. The average molecular weight is 492 g/mol. The van der Waals surface area contributed by atoms with Crippen LogP contribution in [0.15, 0.2) is 58.6 Å². The molecule has 0 radical (unpaired) electrons. The zero-order valence-electron chi connectivity index (χ0n) is 19.4. The largest absolute Gasteiger partial charge is 0.494 e. The molecule has 1 heterocycles. The van der Waals surface area contributed by atoms with Gasteiger partial charge < -0.3 is 16.2 Å². The van der Waals surface area contributed by atoms with E-state index in [0.717, 1.165) is 22.4 Å². The smallest absolute Gasteiger partial charge is 0.145 e. The zero-order valence-corrected chi connectivity index (χ0v) is 21.0. The Bertz CT molecular complexity index is 1120. The molecule has 4 N–H and O–H groups in total. The molecule has 0 aliphatic carbocycles. The van der Waals surface area contributed by atoms with Crippen LogP contribution >= 0.6 is 24.8 Å². The summed E-state index contributed by atoms with van der Waals surface area (Å²) in [4.78, 5) is 8.81. The van der Waals surface area contributed by atoms with Gasteiger partial charge in [0.15, 0.2) is 0 Å². The molecule has 0 aliphatic heterocycles. The highest BCUT2D eigenvalue weighted by Crippen LogP contribution is 2.26. The van der Waals surface area contributed by atoms with Gasteiger partial charge in [-0.15, -0.1) is 29.9 Å². The van der Waals surface area contributed by atoms with Crippen LogP contribution in [0.3, 0.4) is 0 Å². The lowest BCUT2D eigenvalue weighted by Gasteiger charge is -2.10. The topological polar surface area (TPSA) is 117 Å². The van der Waals surface area contributed by atoms with Crippen molar-refractivity contribution in [1.29, 1.82) is 0 Å². The van der Waals surface area contributed by atoms with Crippen LogP contribution < -0.4 is 16.2 Å².